The Hall–Kier alpha value is -3.95. The van der Waals surface area contributed by atoms with Gasteiger partial charge in [0, 0.05) is 23.7 Å². The number of carbonyl (C=O) groups is 2. The van der Waals surface area contributed by atoms with Crippen molar-refractivity contribution >= 4 is 50.8 Å². The number of aliphatic carboxylic acids is 1. The maximum Gasteiger partial charge on any atom is 0.412 e. The van der Waals surface area contributed by atoms with Gasteiger partial charge in [-0.05, 0) is 19.9 Å². The number of ether oxygens (including phenoxy) is 1. The highest BCUT2D eigenvalue weighted by Gasteiger charge is 2.58. The molecule has 1 atom stereocenters. The van der Waals surface area contributed by atoms with Gasteiger partial charge in [-0.1, -0.05) is 35.0 Å². The molecule has 16 heteroatoms. The number of amides is 1. The lowest BCUT2D eigenvalue weighted by Crippen LogP contribution is -2.64. The highest BCUT2D eigenvalue weighted by atomic mass is 35.5. The fourth-order valence-corrected chi connectivity index (χ4v) is 5.32. The van der Waals surface area contributed by atoms with E-state index >= 15 is 0 Å². The molecule has 3 aromatic heterocycles. The Morgan fingerprint density at radius 3 is 2.56 bits per heavy atom. The van der Waals surface area contributed by atoms with Gasteiger partial charge in [0.05, 0.1) is 12.7 Å². The molecule has 39 heavy (non-hydrogen) atoms. The van der Waals surface area contributed by atoms with Crippen LogP contribution < -0.4 is 5.32 Å². The molecule has 1 aliphatic heterocycles. The molecule has 206 valence electrons. The first-order valence-corrected chi connectivity index (χ1v) is 13.7. The second-order valence-corrected chi connectivity index (χ2v) is 11.5. The predicted octanol–water partition coefficient (Wildman–Crippen LogP) is 3.26. The minimum atomic E-state index is -3.57. The number of anilines is 1. The number of nitrogens with zero attached hydrogens (tertiary/aromatic N) is 4. The number of oxazole rings is 2. The summed E-state index contributed by atoms with van der Waals surface area (Å²) in [7, 11) is -3.57. The number of carboxylic acids is 1. The van der Waals surface area contributed by atoms with Crippen LogP contribution in [0.2, 0.25) is 5.02 Å². The molecule has 0 aliphatic carbocycles. The van der Waals surface area contributed by atoms with Crippen LogP contribution in [-0.2, 0) is 31.4 Å². The lowest BCUT2D eigenvalue weighted by Gasteiger charge is -2.42. The van der Waals surface area contributed by atoms with Gasteiger partial charge in [0.15, 0.2) is 11.2 Å². The number of nitrogens with one attached hydrogen (secondary N) is 1. The van der Waals surface area contributed by atoms with Crippen molar-refractivity contribution in [3.8, 4) is 0 Å². The summed E-state index contributed by atoms with van der Waals surface area (Å²) in [5.41, 5.74) is -0.601. The van der Waals surface area contributed by atoms with Crippen molar-refractivity contribution in [2.75, 3.05) is 24.7 Å². The first-order chi connectivity index (χ1) is 18.4. The van der Waals surface area contributed by atoms with E-state index < -0.39 is 33.6 Å². The Morgan fingerprint density at radius 1 is 1.23 bits per heavy atom. The molecular weight excluding hydrogens is 558 g/mol. The van der Waals surface area contributed by atoms with Gasteiger partial charge in [0.1, 0.15) is 17.5 Å². The SMILES string of the molecule is Cc1onc(Cc2nc3oc(C4(C(=O)O)CN(S(C)(=O)=O)C4)nc3o2)c1NC(=O)OC(C)c1ccccc1Cl. The predicted molar refractivity (Wildman–Crippen MR) is 134 cm³/mol. The van der Waals surface area contributed by atoms with Crippen LogP contribution in [0.25, 0.3) is 11.4 Å². The number of sulfonamides is 1. The van der Waals surface area contributed by atoms with Crippen LogP contribution >= 0.6 is 11.6 Å². The molecule has 1 aliphatic rings. The Balaban J connectivity index is 1.30. The van der Waals surface area contributed by atoms with Gasteiger partial charge < -0.3 is 23.2 Å². The summed E-state index contributed by atoms with van der Waals surface area (Å²) in [5, 5.41) is 16.7. The van der Waals surface area contributed by atoms with Crippen molar-refractivity contribution in [2.45, 2.75) is 31.8 Å². The lowest BCUT2D eigenvalue weighted by atomic mass is 9.81. The van der Waals surface area contributed by atoms with E-state index in [0.29, 0.717) is 16.3 Å². The van der Waals surface area contributed by atoms with E-state index in [4.69, 9.17) is 29.7 Å². The van der Waals surface area contributed by atoms with E-state index in [2.05, 4.69) is 20.4 Å². The van der Waals surface area contributed by atoms with Gasteiger partial charge >= 0.3 is 12.1 Å². The van der Waals surface area contributed by atoms with Crippen LogP contribution in [0.3, 0.4) is 0 Å². The summed E-state index contributed by atoms with van der Waals surface area (Å²) >= 11 is 6.17. The van der Waals surface area contributed by atoms with Crippen molar-refractivity contribution in [1.29, 1.82) is 0 Å². The zero-order chi connectivity index (χ0) is 28.1. The maximum absolute atomic E-state index is 12.6. The van der Waals surface area contributed by atoms with Gasteiger partial charge in [-0.25, -0.2) is 13.2 Å². The number of hydrogen-bond donors (Lipinski definition) is 2. The number of halogens is 1. The number of hydrogen-bond acceptors (Lipinski definition) is 11. The quantitative estimate of drug-likeness (QED) is 0.310. The fourth-order valence-electron chi connectivity index (χ4n) is 4.12. The van der Waals surface area contributed by atoms with Gasteiger partial charge in [-0.3, -0.25) is 10.1 Å². The van der Waals surface area contributed by atoms with Crippen molar-refractivity contribution in [3.63, 3.8) is 0 Å². The van der Waals surface area contributed by atoms with Crippen molar-refractivity contribution in [2.24, 2.45) is 0 Å². The summed E-state index contributed by atoms with van der Waals surface area (Å²) in [6, 6.07) is 6.99. The molecule has 2 N–H and O–H groups in total. The summed E-state index contributed by atoms with van der Waals surface area (Å²) in [6.45, 7) is 2.63. The zero-order valence-electron chi connectivity index (χ0n) is 20.8. The van der Waals surface area contributed by atoms with Crippen LogP contribution in [-0.4, -0.2) is 64.4 Å². The van der Waals surface area contributed by atoms with E-state index in [1.54, 1.807) is 38.1 Å². The molecular formula is C23H22ClN5O9S. The molecule has 4 aromatic rings. The minimum Gasteiger partial charge on any atom is -0.480 e. The molecule has 0 bridgehead atoms. The Bertz CT molecular complexity index is 1660. The van der Waals surface area contributed by atoms with E-state index in [1.165, 1.54) is 0 Å². The molecule has 14 nitrogen and oxygen atoms in total. The number of fused-ring (bicyclic) bond motifs is 1. The topological polar surface area (TPSA) is 191 Å². The highest BCUT2D eigenvalue weighted by Crippen LogP contribution is 2.38. The molecule has 1 aromatic carbocycles. The number of rotatable bonds is 8. The largest absolute Gasteiger partial charge is 0.480 e. The molecule has 0 radical (unpaired) electrons. The maximum atomic E-state index is 12.6. The number of benzene rings is 1. The molecule has 0 saturated carbocycles. The molecule has 5 rings (SSSR count). The summed E-state index contributed by atoms with van der Waals surface area (Å²) in [4.78, 5) is 32.8. The average molecular weight is 580 g/mol. The fraction of sp³-hybridized carbons (Fsp3) is 0.348. The molecule has 4 heterocycles. The molecule has 1 unspecified atom stereocenters. The lowest BCUT2D eigenvalue weighted by molar-refractivity contribution is -0.149. The third kappa shape index (κ3) is 4.95. The standard InChI is InChI=1S/C23H22ClN5O9S/c1-11(13-6-4-5-7-14(13)24)35-22(32)26-17-12(2)38-28-15(17)8-16-25-18-19(36-16)27-20(37-18)23(21(30)31)9-29(10-23)39(3,33)34/h4-7,11H,8-10H2,1-3H3,(H,26,32)(H,30,31). The normalized spacial score (nSPS) is 16.1. The first-order valence-electron chi connectivity index (χ1n) is 11.5. The van der Waals surface area contributed by atoms with Crippen molar-refractivity contribution in [1.82, 2.24) is 19.4 Å². The van der Waals surface area contributed by atoms with Crippen LogP contribution in [0.1, 0.15) is 41.8 Å². The third-order valence-corrected chi connectivity index (χ3v) is 7.85. The van der Waals surface area contributed by atoms with Crippen LogP contribution in [0.5, 0.6) is 0 Å². The number of carboxylic acid groups (broad SMARTS) is 1. The smallest absolute Gasteiger partial charge is 0.412 e. The number of aryl methyl sites for hydroxylation is 1. The van der Waals surface area contributed by atoms with E-state index in [9.17, 15) is 23.1 Å². The molecule has 1 fully saturated rings. The second kappa shape index (κ2) is 9.66. The Kier molecular flexibility index (Phi) is 6.60. The zero-order valence-corrected chi connectivity index (χ0v) is 22.4. The summed E-state index contributed by atoms with van der Waals surface area (Å²) < 4.78 is 46.3. The molecule has 0 spiro atoms. The van der Waals surface area contributed by atoms with Gasteiger partial charge in [0.25, 0.3) is 11.4 Å². The van der Waals surface area contributed by atoms with E-state index in [1.807, 2.05) is 0 Å². The van der Waals surface area contributed by atoms with E-state index in [0.717, 1.165) is 10.6 Å². The van der Waals surface area contributed by atoms with E-state index in [-0.39, 0.29) is 54.1 Å². The van der Waals surface area contributed by atoms with Crippen LogP contribution in [0.15, 0.2) is 37.6 Å². The van der Waals surface area contributed by atoms with Crippen LogP contribution in [0, 0.1) is 6.92 Å². The van der Waals surface area contributed by atoms with Gasteiger partial charge in [-0.15, -0.1) is 0 Å². The molecule has 1 saturated heterocycles. The third-order valence-electron chi connectivity index (χ3n) is 6.31. The Labute approximate surface area is 225 Å². The number of carbonyl (C=O) groups excluding carboxylic acids is 1. The van der Waals surface area contributed by atoms with Crippen molar-refractivity contribution < 1.29 is 41.2 Å². The summed E-state index contributed by atoms with van der Waals surface area (Å²) in [5.74, 6) is -1.08. The molecule has 1 amide bonds. The highest BCUT2D eigenvalue weighted by molar-refractivity contribution is 7.88. The minimum absolute atomic E-state index is 0.0276. The first kappa shape index (κ1) is 26.6. The van der Waals surface area contributed by atoms with Gasteiger partial charge in [0.2, 0.25) is 21.8 Å². The second-order valence-electron chi connectivity index (χ2n) is 9.09. The summed E-state index contributed by atoms with van der Waals surface area (Å²) in [6.07, 6.45) is -0.428. The number of aromatic nitrogens is 3. The average Bonchev–Trinajstić information content (AvgIpc) is 3.47. The van der Waals surface area contributed by atoms with Crippen LogP contribution in [0.4, 0.5) is 10.5 Å². The van der Waals surface area contributed by atoms with Crippen molar-refractivity contribution in [3.05, 3.63) is 58.1 Å². The Morgan fingerprint density at radius 2 is 1.92 bits per heavy atom. The monoisotopic (exact) mass is 579 g/mol. The van der Waals surface area contributed by atoms with Gasteiger partial charge in [-0.2, -0.15) is 14.3 Å².